The molecule has 1 amide bonds. The lowest BCUT2D eigenvalue weighted by Gasteiger charge is -2.34. The van der Waals surface area contributed by atoms with Crippen molar-refractivity contribution in [1.82, 2.24) is 23.6 Å². The van der Waals surface area contributed by atoms with Crippen LogP contribution >= 0.6 is 11.7 Å². The van der Waals surface area contributed by atoms with Gasteiger partial charge in [-0.25, -0.2) is 9.97 Å². The third-order valence-corrected chi connectivity index (χ3v) is 7.31. The number of amides is 1. The molecule has 0 saturated carbocycles. The lowest BCUT2D eigenvalue weighted by Crippen LogP contribution is -2.49. The smallest absolute Gasteiger partial charge is 0.257 e. The predicted molar refractivity (Wildman–Crippen MR) is 151 cm³/mol. The van der Waals surface area contributed by atoms with Crippen LogP contribution in [0.1, 0.15) is 60.8 Å². The number of carbonyl (C=O) groups excluding carboxylic acids is 1. The normalized spacial score (nSPS) is 14.5. The summed E-state index contributed by atoms with van der Waals surface area (Å²) >= 11 is 1.05. The molecule has 4 heterocycles. The van der Waals surface area contributed by atoms with Crippen LogP contribution in [-0.4, -0.2) is 60.8 Å². The highest BCUT2D eigenvalue weighted by molar-refractivity contribution is 6.99. The highest BCUT2D eigenvalue weighted by atomic mass is 32.1. The van der Waals surface area contributed by atoms with E-state index in [4.69, 9.17) is 4.42 Å². The molecule has 39 heavy (non-hydrogen) atoms. The first-order chi connectivity index (χ1) is 18.9. The van der Waals surface area contributed by atoms with Gasteiger partial charge in [-0.05, 0) is 42.2 Å². The van der Waals surface area contributed by atoms with Gasteiger partial charge in [0.25, 0.3) is 5.91 Å². The largest absolute Gasteiger partial charge is 0.505 e. The molecule has 11 nitrogen and oxygen atoms in total. The van der Waals surface area contributed by atoms with Crippen molar-refractivity contribution in [3.8, 4) is 5.75 Å². The maximum atomic E-state index is 13.3. The second-order valence-electron chi connectivity index (χ2n) is 9.66. The molecule has 4 aromatic rings. The number of piperazine rings is 1. The number of aromatic nitrogens is 4. The molecule has 3 N–H and O–H groups in total. The van der Waals surface area contributed by atoms with Crippen molar-refractivity contribution in [2.75, 3.05) is 41.7 Å². The van der Waals surface area contributed by atoms with Gasteiger partial charge in [0.15, 0.2) is 17.4 Å². The molecule has 0 bridgehead atoms. The maximum absolute atomic E-state index is 13.3. The van der Waals surface area contributed by atoms with Crippen molar-refractivity contribution in [2.45, 2.75) is 39.2 Å². The molecule has 5 rings (SSSR count). The Balaban J connectivity index is 1.27. The minimum absolute atomic E-state index is 0.0941. The lowest BCUT2D eigenvalue weighted by atomic mass is 10.1. The third kappa shape index (κ3) is 5.80. The summed E-state index contributed by atoms with van der Waals surface area (Å²) < 4.78 is 14.6. The number of carbonyl (C=O) groups is 1. The number of nitrogens with one attached hydrogen (secondary N) is 2. The van der Waals surface area contributed by atoms with Crippen molar-refractivity contribution in [3.05, 3.63) is 65.9 Å². The fourth-order valence-electron chi connectivity index (χ4n) is 4.44. The van der Waals surface area contributed by atoms with Crippen molar-refractivity contribution >= 4 is 40.9 Å². The number of phenolic OH excluding ortho intramolecular Hbond substituents is 1. The van der Waals surface area contributed by atoms with Gasteiger partial charge in [0.1, 0.15) is 5.76 Å². The van der Waals surface area contributed by atoms with Crippen LogP contribution in [0.4, 0.5) is 23.3 Å². The quantitative estimate of drug-likeness (QED) is 0.245. The SMILES string of the molecule is CC[C@@H](Nc1nsnc1Nc1cccc(C(=O)N2CCN(c3ncccn3)CC2)c1O)c1cc(C(C)C)co1. The summed E-state index contributed by atoms with van der Waals surface area (Å²) in [5.41, 5.74) is 1.74. The molecule has 1 aromatic carbocycles. The molecule has 0 spiro atoms. The topological polar surface area (TPSA) is 133 Å². The van der Waals surface area contributed by atoms with Crippen molar-refractivity contribution in [3.63, 3.8) is 0 Å². The molecule has 0 unspecified atom stereocenters. The van der Waals surface area contributed by atoms with Crippen LogP contribution in [0.25, 0.3) is 0 Å². The number of phenols is 1. The van der Waals surface area contributed by atoms with Crippen molar-refractivity contribution in [1.29, 1.82) is 0 Å². The zero-order valence-corrected chi connectivity index (χ0v) is 23.0. The zero-order valence-electron chi connectivity index (χ0n) is 22.2. The Morgan fingerprint density at radius 2 is 1.85 bits per heavy atom. The Morgan fingerprint density at radius 1 is 1.10 bits per heavy atom. The van der Waals surface area contributed by atoms with Gasteiger partial charge < -0.3 is 30.0 Å². The summed E-state index contributed by atoms with van der Waals surface area (Å²) in [7, 11) is 0. The van der Waals surface area contributed by atoms with Crippen LogP contribution in [0.2, 0.25) is 0 Å². The molecule has 204 valence electrons. The van der Waals surface area contributed by atoms with E-state index in [9.17, 15) is 9.90 Å². The average Bonchev–Trinajstić information content (AvgIpc) is 3.63. The van der Waals surface area contributed by atoms with Crippen molar-refractivity contribution < 1.29 is 14.3 Å². The summed E-state index contributed by atoms with van der Waals surface area (Å²) in [6.07, 6.45) is 5.98. The number of aromatic hydroxyl groups is 1. The van der Waals surface area contributed by atoms with E-state index in [-0.39, 0.29) is 23.3 Å². The predicted octanol–water partition coefficient (Wildman–Crippen LogP) is 5.02. The highest BCUT2D eigenvalue weighted by Crippen LogP contribution is 2.35. The number of rotatable bonds is 9. The van der Waals surface area contributed by atoms with Gasteiger partial charge in [0.2, 0.25) is 5.95 Å². The third-order valence-electron chi connectivity index (χ3n) is 6.78. The fourth-order valence-corrected chi connectivity index (χ4v) is 4.91. The molecule has 12 heteroatoms. The molecular formula is C27H32N8O3S. The fraction of sp³-hybridized carbons (Fsp3) is 0.370. The zero-order chi connectivity index (χ0) is 27.4. The van der Waals surface area contributed by atoms with Crippen LogP contribution < -0.4 is 15.5 Å². The highest BCUT2D eigenvalue weighted by Gasteiger charge is 2.26. The number of benzene rings is 1. The van der Waals surface area contributed by atoms with Crippen molar-refractivity contribution in [2.24, 2.45) is 0 Å². The Labute approximate surface area is 231 Å². The Hall–Kier alpha value is -4.19. The number of furan rings is 1. The first-order valence-corrected chi connectivity index (χ1v) is 13.7. The first-order valence-electron chi connectivity index (χ1n) is 13.0. The molecule has 0 radical (unpaired) electrons. The van der Waals surface area contributed by atoms with Gasteiger partial charge >= 0.3 is 0 Å². The maximum Gasteiger partial charge on any atom is 0.257 e. The summed E-state index contributed by atoms with van der Waals surface area (Å²) in [5.74, 6) is 2.50. The van der Waals surface area contributed by atoms with Crippen LogP contribution in [-0.2, 0) is 0 Å². The molecule has 1 atom stereocenters. The van der Waals surface area contributed by atoms with E-state index in [0.29, 0.717) is 55.4 Å². The molecule has 3 aromatic heterocycles. The number of para-hydroxylation sites is 1. The van der Waals surface area contributed by atoms with E-state index in [1.165, 1.54) is 0 Å². The van der Waals surface area contributed by atoms with E-state index in [1.54, 1.807) is 47.8 Å². The molecule has 1 saturated heterocycles. The molecular weight excluding hydrogens is 516 g/mol. The summed E-state index contributed by atoms with van der Waals surface area (Å²) in [4.78, 5) is 25.7. The monoisotopic (exact) mass is 548 g/mol. The number of anilines is 4. The Bertz CT molecular complexity index is 1400. The van der Waals surface area contributed by atoms with Gasteiger partial charge in [0, 0.05) is 38.6 Å². The molecule has 1 aliphatic heterocycles. The molecule has 1 aliphatic rings. The van der Waals surface area contributed by atoms with E-state index in [2.05, 4.69) is 56.2 Å². The van der Waals surface area contributed by atoms with Gasteiger partial charge in [-0.15, -0.1) is 0 Å². The standard InChI is InChI=1S/C27H32N8O3S/c1-4-20(22-15-18(16-38-22)17(2)3)30-24-25(33-39-32-24)31-21-8-5-7-19(23(21)36)26(37)34-11-13-35(14-12-34)27-28-9-6-10-29-27/h5-10,15-17,20,36H,4,11-14H2,1-3H3,(H,30,32)(H,31,33)/t20-/m1/s1. The van der Waals surface area contributed by atoms with E-state index >= 15 is 0 Å². The van der Waals surface area contributed by atoms with Crippen LogP contribution in [0.15, 0.2) is 53.4 Å². The van der Waals surface area contributed by atoms with E-state index in [0.717, 1.165) is 29.5 Å². The second kappa shape index (κ2) is 11.7. The van der Waals surface area contributed by atoms with Crippen LogP contribution in [0.5, 0.6) is 5.75 Å². The van der Waals surface area contributed by atoms with Crippen LogP contribution in [0, 0.1) is 0 Å². The summed E-state index contributed by atoms with van der Waals surface area (Å²) in [6.45, 7) is 8.54. The average molecular weight is 549 g/mol. The van der Waals surface area contributed by atoms with E-state index < -0.39 is 0 Å². The van der Waals surface area contributed by atoms with Gasteiger partial charge in [-0.3, -0.25) is 4.79 Å². The van der Waals surface area contributed by atoms with Crippen LogP contribution in [0.3, 0.4) is 0 Å². The Morgan fingerprint density at radius 3 is 2.54 bits per heavy atom. The second-order valence-corrected chi connectivity index (χ2v) is 10.2. The van der Waals surface area contributed by atoms with Gasteiger partial charge in [-0.2, -0.15) is 8.75 Å². The van der Waals surface area contributed by atoms with Gasteiger partial charge in [0.05, 0.1) is 35.3 Å². The minimum Gasteiger partial charge on any atom is -0.505 e. The minimum atomic E-state index is -0.232. The number of hydrogen-bond donors (Lipinski definition) is 3. The van der Waals surface area contributed by atoms with Gasteiger partial charge in [-0.1, -0.05) is 26.8 Å². The summed E-state index contributed by atoms with van der Waals surface area (Å²) in [5, 5.41) is 17.6. The Kier molecular flexibility index (Phi) is 7.92. The summed E-state index contributed by atoms with van der Waals surface area (Å²) in [6, 6.07) is 8.82. The number of nitrogens with zero attached hydrogens (tertiary/aromatic N) is 6. The first kappa shape index (κ1) is 26.4. The lowest BCUT2D eigenvalue weighted by molar-refractivity contribution is 0.0743. The molecule has 0 aliphatic carbocycles. The van der Waals surface area contributed by atoms with E-state index in [1.807, 2.05) is 4.90 Å². The number of hydrogen-bond acceptors (Lipinski definition) is 11. The molecule has 1 fully saturated rings.